The van der Waals surface area contributed by atoms with Gasteiger partial charge in [-0.1, -0.05) is 6.58 Å². The predicted octanol–water partition coefficient (Wildman–Crippen LogP) is 3.49. The number of carbonyl (C=O) groups excluding carboxylic acids is 1. The summed E-state index contributed by atoms with van der Waals surface area (Å²) in [6.07, 6.45) is 8.76. The number of nitrogens with two attached hydrogens (primary N) is 1. The molecule has 0 spiro atoms. The summed E-state index contributed by atoms with van der Waals surface area (Å²) >= 11 is 2.97. The number of rotatable bonds is 6. The standard InChI is InChI=1S/C19H20N6OS2.C2H5N/c1-25(2)7-3-4-17-20-11-14(27-17)9-16-18(26)23-19(28-16)22-13-6-5-12-10-21-24-15(12)8-13;1-2-3/h5-6,8-11H,3-4,7H2,1-2H3,(H,21,24)(H,22,23,26);2H,1,3H2/b16-9-;. The van der Waals surface area contributed by atoms with E-state index in [1.54, 1.807) is 17.5 Å². The van der Waals surface area contributed by atoms with Crippen LogP contribution in [0.25, 0.3) is 17.0 Å². The van der Waals surface area contributed by atoms with E-state index < -0.39 is 0 Å². The molecule has 3 aromatic rings. The summed E-state index contributed by atoms with van der Waals surface area (Å²) in [5.41, 5.74) is 6.29. The van der Waals surface area contributed by atoms with Crippen LogP contribution < -0.4 is 11.1 Å². The number of aliphatic imine (C=N–C) groups is 1. The van der Waals surface area contributed by atoms with Gasteiger partial charge in [0.1, 0.15) is 0 Å². The topological polar surface area (TPSA) is 112 Å². The SMILES string of the molecule is C=CN.CN(C)CCCc1ncc(/C=C2\SC(=Nc3ccc4cn[nH]c4c3)NC2=O)s1. The Morgan fingerprint density at radius 3 is 2.90 bits per heavy atom. The number of hydrogen-bond acceptors (Lipinski definition) is 8. The van der Waals surface area contributed by atoms with Crippen LogP contribution in [0.3, 0.4) is 0 Å². The van der Waals surface area contributed by atoms with E-state index in [4.69, 9.17) is 0 Å². The van der Waals surface area contributed by atoms with Crippen LogP contribution in [-0.4, -0.2) is 51.8 Å². The molecule has 2 aromatic heterocycles. The van der Waals surface area contributed by atoms with Crippen molar-refractivity contribution in [2.75, 3.05) is 20.6 Å². The molecular formula is C21H25N7OS2. The number of amides is 1. The number of amidine groups is 1. The minimum atomic E-state index is -0.131. The van der Waals surface area contributed by atoms with E-state index in [1.165, 1.54) is 18.0 Å². The molecule has 0 saturated carbocycles. The Balaban J connectivity index is 0.000000858. The molecule has 1 amide bonds. The highest BCUT2D eigenvalue weighted by Crippen LogP contribution is 2.30. The maximum atomic E-state index is 12.3. The molecule has 0 unspecified atom stereocenters. The van der Waals surface area contributed by atoms with Crippen LogP contribution in [0.5, 0.6) is 0 Å². The number of aromatic amines is 1. The molecule has 0 bridgehead atoms. The molecule has 0 radical (unpaired) electrons. The normalized spacial score (nSPS) is 16.0. The number of H-pyrrole nitrogens is 1. The fourth-order valence-corrected chi connectivity index (χ4v) is 4.59. The number of fused-ring (bicyclic) bond motifs is 1. The van der Waals surface area contributed by atoms with Gasteiger partial charge in [-0.15, -0.1) is 11.3 Å². The van der Waals surface area contributed by atoms with Crippen LogP contribution in [0.15, 0.2) is 53.3 Å². The van der Waals surface area contributed by atoms with Crippen molar-refractivity contribution in [2.24, 2.45) is 10.7 Å². The molecule has 10 heteroatoms. The van der Waals surface area contributed by atoms with Crippen molar-refractivity contribution in [3.05, 3.63) is 58.2 Å². The molecule has 1 aromatic carbocycles. The van der Waals surface area contributed by atoms with E-state index in [9.17, 15) is 4.79 Å². The molecule has 3 heterocycles. The van der Waals surface area contributed by atoms with Crippen molar-refractivity contribution < 1.29 is 4.79 Å². The second kappa shape index (κ2) is 10.9. The Labute approximate surface area is 189 Å². The summed E-state index contributed by atoms with van der Waals surface area (Å²) < 4.78 is 0. The minimum Gasteiger partial charge on any atom is -0.405 e. The number of benzene rings is 1. The lowest BCUT2D eigenvalue weighted by molar-refractivity contribution is -0.115. The lowest BCUT2D eigenvalue weighted by atomic mass is 10.2. The number of hydrogen-bond donors (Lipinski definition) is 3. The molecule has 31 heavy (non-hydrogen) atoms. The van der Waals surface area contributed by atoms with Gasteiger partial charge >= 0.3 is 0 Å². The molecule has 8 nitrogen and oxygen atoms in total. The maximum Gasteiger partial charge on any atom is 0.264 e. The molecule has 1 saturated heterocycles. The summed E-state index contributed by atoms with van der Waals surface area (Å²) in [4.78, 5) is 25.1. The average molecular weight is 456 g/mol. The third kappa shape index (κ3) is 6.51. The Morgan fingerprint density at radius 1 is 1.32 bits per heavy atom. The molecule has 162 valence electrons. The first kappa shape index (κ1) is 22.7. The van der Waals surface area contributed by atoms with Gasteiger partial charge in [-0.3, -0.25) is 9.89 Å². The molecule has 4 rings (SSSR count). The number of thiazole rings is 1. The van der Waals surface area contributed by atoms with Gasteiger partial charge in [-0.25, -0.2) is 9.98 Å². The molecule has 1 fully saturated rings. The van der Waals surface area contributed by atoms with Gasteiger partial charge in [-0.05, 0) is 69.3 Å². The third-order valence-corrected chi connectivity index (χ3v) is 6.06. The van der Waals surface area contributed by atoms with E-state index in [2.05, 4.69) is 56.8 Å². The van der Waals surface area contributed by atoms with Gasteiger partial charge in [-0.2, -0.15) is 5.10 Å². The number of thioether (sulfide) groups is 1. The summed E-state index contributed by atoms with van der Waals surface area (Å²) in [6, 6.07) is 5.76. The second-order valence-electron chi connectivity index (χ2n) is 6.92. The van der Waals surface area contributed by atoms with Crippen LogP contribution in [0.2, 0.25) is 0 Å². The van der Waals surface area contributed by atoms with Crippen molar-refractivity contribution in [3.8, 4) is 0 Å². The first-order chi connectivity index (χ1) is 15.0. The molecular weight excluding hydrogens is 430 g/mol. The molecule has 0 atom stereocenters. The van der Waals surface area contributed by atoms with E-state index in [0.717, 1.165) is 45.9 Å². The van der Waals surface area contributed by atoms with Crippen molar-refractivity contribution in [1.29, 1.82) is 0 Å². The number of aromatic nitrogens is 3. The Bertz CT molecular complexity index is 1110. The highest BCUT2D eigenvalue weighted by atomic mass is 32.2. The summed E-state index contributed by atoms with van der Waals surface area (Å²) in [5.74, 6) is -0.131. The quantitative estimate of drug-likeness (QED) is 0.491. The highest BCUT2D eigenvalue weighted by molar-refractivity contribution is 8.18. The van der Waals surface area contributed by atoms with Gasteiger partial charge in [0.15, 0.2) is 5.17 Å². The van der Waals surface area contributed by atoms with Gasteiger partial charge in [0.2, 0.25) is 0 Å². The number of aryl methyl sites for hydroxylation is 1. The van der Waals surface area contributed by atoms with Gasteiger partial charge in [0.25, 0.3) is 5.91 Å². The monoisotopic (exact) mass is 455 g/mol. The zero-order valence-corrected chi connectivity index (χ0v) is 19.1. The number of nitrogens with one attached hydrogen (secondary N) is 2. The van der Waals surface area contributed by atoms with Crippen molar-refractivity contribution in [3.63, 3.8) is 0 Å². The number of nitrogens with zero attached hydrogens (tertiary/aromatic N) is 4. The zero-order valence-electron chi connectivity index (χ0n) is 17.5. The van der Waals surface area contributed by atoms with E-state index in [0.29, 0.717) is 10.1 Å². The van der Waals surface area contributed by atoms with Crippen LogP contribution in [0.4, 0.5) is 5.69 Å². The van der Waals surface area contributed by atoms with E-state index in [-0.39, 0.29) is 5.91 Å². The lowest BCUT2D eigenvalue weighted by Gasteiger charge is -2.07. The zero-order chi connectivity index (χ0) is 22.2. The van der Waals surface area contributed by atoms with Crippen molar-refractivity contribution in [2.45, 2.75) is 12.8 Å². The molecule has 0 aliphatic carbocycles. The second-order valence-corrected chi connectivity index (χ2v) is 9.10. The summed E-state index contributed by atoms with van der Waals surface area (Å²) in [5, 5.41) is 12.5. The summed E-state index contributed by atoms with van der Waals surface area (Å²) in [7, 11) is 4.14. The van der Waals surface area contributed by atoms with Crippen LogP contribution in [-0.2, 0) is 11.2 Å². The smallest absolute Gasteiger partial charge is 0.264 e. The van der Waals surface area contributed by atoms with Gasteiger partial charge in [0.05, 0.1) is 27.3 Å². The molecule has 4 N–H and O–H groups in total. The van der Waals surface area contributed by atoms with Crippen molar-refractivity contribution >= 4 is 56.8 Å². The highest BCUT2D eigenvalue weighted by Gasteiger charge is 2.24. The minimum absolute atomic E-state index is 0.131. The fraction of sp³-hybridized carbons (Fsp3) is 0.238. The first-order valence-corrected chi connectivity index (χ1v) is 11.3. The van der Waals surface area contributed by atoms with Gasteiger partial charge < -0.3 is 16.0 Å². The first-order valence-electron chi connectivity index (χ1n) is 9.63. The van der Waals surface area contributed by atoms with Crippen LogP contribution >= 0.6 is 23.1 Å². The number of carbonyl (C=O) groups is 1. The van der Waals surface area contributed by atoms with Crippen LogP contribution in [0, 0.1) is 0 Å². The average Bonchev–Trinajstić information content (AvgIpc) is 3.43. The fourth-order valence-electron chi connectivity index (χ4n) is 2.77. The Kier molecular flexibility index (Phi) is 7.99. The molecule has 1 aliphatic rings. The van der Waals surface area contributed by atoms with E-state index >= 15 is 0 Å². The maximum absolute atomic E-state index is 12.3. The Morgan fingerprint density at radius 2 is 2.13 bits per heavy atom. The Hall–Kier alpha value is -2.95. The summed E-state index contributed by atoms with van der Waals surface area (Å²) in [6.45, 7) is 4.18. The van der Waals surface area contributed by atoms with Crippen LogP contribution in [0.1, 0.15) is 16.3 Å². The lowest BCUT2D eigenvalue weighted by Crippen LogP contribution is -2.19. The van der Waals surface area contributed by atoms with Crippen molar-refractivity contribution in [1.82, 2.24) is 25.4 Å². The largest absolute Gasteiger partial charge is 0.405 e. The van der Waals surface area contributed by atoms with Gasteiger partial charge in [0, 0.05) is 22.9 Å². The third-order valence-electron chi connectivity index (χ3n) is 4.15. The van der Waals surface area contributed by atoms with E-state index in [1.807, 2.05) is 30.5 Å². The molecule has 1 aliphatic heterocycles. The predicted molar refractivity (Wildman–Crippen MR) is 130 cm³/mol.